The molecule has 0 amide bonds. The molecule has 20 heavy (non-hydrogen) atoms. The van der Waals surface area contributed by atoms with Gasteiger partial charge in [0.1, 0.15) is 0 Å². The number of benzene rings is 1. The smallest absolute Gasteiger partial charge is 0.192 e. The van der Waals surface area contributed by atoms with Crippen molar-refractivity contribution in [3.8, 4) is 5.69 Å². The molecule has 5 heteroatoms. The highest BCUT2D eigenvalue weighted by Gasteiger charge is 2.39. The Morgan fingerprint density at radius 3 is 2.70 bits per heavy atom. The number of para-hydroxylation sites is 1. The highest BCUT2D eigenvalue weighted by molar-refractivity contribution is 5.81. The second kappa shape index (κ2) is 4.37. The molecule has 2 N–H and O–H groups in total. The van der Waals surface area contributed by atoms with Gasteiger partial charge in [0.25, 0.3) is 0 Å². The van der Waals surface area contributed by atoms with Gasteiger partial charge in [-0.2, -0.15) is 5.10 Å². The molecule has 1 aliphatic heterocycles. The third kappa shape index (κ3) is 1.86. The number of aromatic nitrogens is 2. The molecule has 2 aliphatic rings. The maximum absolute atomic E-state index is 6.01. The SMILES string of the molecule is NC1=NCC(c2cnn(-c3ccccc3)c2)N1C1CC1. The Morgan fingerprint density at radius 1 is 1.15 bits per heavy atom. The molecule has 4 rings (SSSR count). The zero-order valence-electron chi connectivity index (χ0n) is 11.2. The number of nitrogens with two attached hydrogens (primary N) is 1. The molecule has 1 aromatic heterocycles. The van der Waals surface area contributed by atoms with Crippen molar-refractivity contribution in [3.05, 3.63) is 48.3 Å². The van der Waals surface area contributed by atoms with Crippen LogP contribution in [0, 0.1) is 0 Å². The van der Waals surface area contributed by atoms with Gasteiger partial charge in [0.2, 0.25) is 0 Å². The predicted molar refractivity (Wildman–Crippen MR) is 77.7 cm³/mol. The molecule has 1 aliphatic carbocycles. The fraction of sp³-hybridized carbons (Fsp3) is 0.333. The zero-order chi connectivity index (χ0) is 13.5. The summed E-state index contributed by atoms with van der Waals surface area (Å²) in [5, 5.41) is 4.47. The highest BCUT2D eigenvalue weighted by Crippen LogP contribution is 2.36. The van der Waals surface area contributed by atoms with Crippen LogP contribution in [0.2, 0.25) is 0 Å². The third-order valence-corrected chi connectivity index (χ3v) is 3.97. The first kappa shape index (κ1) is 11.5. The average molecular weight is 267 g/mol. The highest BCUT2D eigenvalue weighted by atomic mass is 15.4. The monoisotopic (exact) mass is 267 g/mol. The van der Waals surface area contributed by atoms with Crippen molar-refractivity contribution in [3.63, 3.8) is 0 Å². The number of aliphatic imine (C=N–C) groups is 1. The van der Waals surface area contributed by atoms with Crippen molar-refractivity contribution >= 4 is 5.96 Å². The van der Waals surface area contributed by atoms with Crippen LogP contribution < -0.4 is 5.73 Å². The average Bonchev–Trinajstić information content (AvgIpc) is 3.06. The first-order valence-electron chi connectivity index (χ1n) is 7.01. The lowest BCUT2D eigenvalue weighted by atomic mass is 10.1. The van der Waals surface area contributed by atoms with Crippen molar-refractivity contribution in [1.29, 1.82) is 0 Å². The normalized spacial score (nSPS) is 22.1. The van der Waals surface area contributed by atoms with E-state index in [-0.39, 0.29) is 6.04 Å². The Labute approximate surface area is 117 Å². The lowest BCUT2D eigenvalue weighted by Gasteiger charge is -2.25. The Morgan fingerprint density at radius 2 is 1.95 bits per heavy atom. The largest absolute Gasteiger partial charge is 0.370 e. The molecule has 1 atom stereocenters. The molecule has 2 aromatic rings. The second-order valence-corrected chi connectivity index (χ2v) is 5.41. The summed E-state index contributed by atoms with van der Waals surface area (Å²) in [6.45, 7) is 0.739. The number of guanidine groups is 1. The van der Waals surface area contributed by atoms with Gasteiger partial charge in [-0.1, -0.05) is 18.2 Å². The van der Waals surface area contributed by atoms with Crippen molar-refractivity contribution < 1.29 is 0 Å². The molecule has 5 nitrogen and oxygen atoms in total. The van der Waals surface area contributed by atoms with Crippen LogP contribution in [0.4, 0.5) is 0 Å². The predicted octanol–water partition coefficient (Wildman–Crippen LogP) is 1.71. The number of nitrogens with zero attached hydrogens (tertiary/aromatic N) is 4. The van der Waals surface area contributed by atoms with Gasteiger partial charge in [-0.15, -0.1) is 0 Å². The Kier molecular flexibility index (Phi) is 2.52. The summed E-state index contributed by atoms with van der Waals surface area (Å²) in [4.78, 5) is 6.66. The Bertz CT molecular complexity index is 641. The van der Waals surface area contributed by atoms with Crippen molar-refractivity contribution in [2.24, 2.45) is 10.7 Å². The van der Waals surface area contributed by atoms with Crippen LogP contribution in [-0.4, -0.2) is 33.2 Å². The van der Waals surface area contributed by atoms with E-state index in [1.54, 1.807) is 0 Å². The summed E-state index contributed by atoms with van der Waals surface area (Å²) < 4.78 is 1.91. The minimum absolute atomic E-state index is 0.250. The van der Waals surface area contributed by atoms with Gasteiger partial charge in [-0.25, -0.2) is 4.68 Å². The van der Waals surface area contributed by atoms with Crippen LogP contribution in [-0.2, 0) is 0 Å². The zero-order valence-corrected chi connectivity index (χ0v) is 11.2. The van der Waals surface area contributed by atoms with E-state index in [1.165, 1.54) is 18.4 Å². The molecule has 1 fully saturated rings. The summed E-state index contributed by atoms with van der Waals surface area (Å²) >= 11 is 0. The van der Waals surface area contributed by atoms with Gasteiger partial charge in [-0.3, -0.25) is 4.99 Å². The molecule has 0 spiro atoms. The van der Waals surface area contributed by atoms with Crippen molar-refractivity contribution in [1.82, 2.24) is 14.7 Å². The van der Waals surface area contributed by atoms with Crippen LogP contribution in [0.15, 0.2) is 47.7 Å². The van der Waals surface area contributed by atoms with Crippen LogP contribution in [0.5, 0.6) is 0 Å². The maximum atomic E-state index is 6.01. The molecule has 102 valence electrons. The van der Waals surface area contributed by atoms with Gasteiger partial charge >= 0.3 is 0 Å². The van der Waals surface area contributed by atoms with Crippen molar-refractivity contribution in [2.75, 3.05) is 6.54 Å². The minimum atomic E-state index is 0.250. The first-order chi connectivity index (χ1) is 9.83. The summed E-state index contributed by atoms with van der Waals surface area (Å²) in [5.41, 5.74) is 8.27. The fourth-order valence-corrected chi connectivity index (χ4v) is 2.80. The van der Waals surface area contributed by atoms with Gasteiger partial charge < -0.3 is 10.6 Å². The van der Waals surface area contributed by atoms with E-state index < -0.39 is 0 Å². The molecular weight excluding hydrogens is 250 g/mol. The third-order valence-electron chi connectivity index (χ3n) is 3.97. The second-order valence-electron chi connectivity index (χ2n) is 5.41. The minimum Gasteiger partial charge on any atom is -0.370 e. The van der Waals surface area contributed by atoms with E-state index >= 15 is 0 Å². The lowest BCUT2D eigenvalue weighted by molar-refractivity contribution is 0.338. The molecule has 0 saturated heterocycles. The number of rotatable bonds is 3. The van der Waals surface area contributed by atoms with Gasteiger partial charge in [0.15, 0.2) is 5.96 Å². The van der Waals surface area contributed by atoms with E-state index in [0.717, 1.165) is 12.2 Å². The Balaban J connectivity index is 1.62. The summed E-state index contributed by atoms with van der Waals surface area (Å²) in [6.07, 6.45) is 6.46. The van der Waals surface area contributed by atoms with Gasteiger partial charge in [-0.05, 0) is 25.0 Å². The number of hydrogen-bond donors (Lipinski definition) is 1. The van der Waals surface area contributed by atoms with E-state index in [1.807, 2.05) is 29.1 Å². The van der Waals surface area contributed by atoms with Crippen molar-refractivity contribution in [2.45, 2.75) is 24.9 Å². The van der Waals surface area contributed by atoms with E-state index in [0.29, 0.717) is 12.0 Å². The molecule has 2 heterocycles. The first-order valence-corrected chi connectivity index (χ1v) is 7.01. The summed E-state index contributed by atoms with van der Waals surface area (Å²) in [7, 11) is 0. The number of hydrogen-bond acceptors (Lipinski definition) is 4. The van der Waals surface area contributed by atoms with Crippen LogP contribution in [0.3, 0.4) is 0 Å². The molecular formula is C15H17N5. The molecule has 0 radical (unpaired) electrons. The standard InChI is InChI=1S/C15H17N5/c16-15-17-9-14(20(15)13-6-7-13)11-8-18-19(10-11)12-4-2-1-3-5-12/h1-5,8,10,13-14H,6-7,9H2,(H2,16,17). The Hall–Kier alpha value is -2.30. The van der Waals surface area contributed by atoms with Gasteiger partial charge in [0.05, 0.1) is 24.5 Å². The maximum Gasteiger partial charge on any atom is 0.192 e. The molecule has 0 bridgehead atoms. The topological polar surface area (TPSA) is 59.4 Å². The lowest BCUT2D eigenvalue weighted by Crippen LogP contribution is -2.37. The van der Waals surface area contributed by atoms with E-state index in [4.69, 9.17) is 5.73 Å². The fourth-order valence-electron chi connectivity index (χ4n) is 2.80. The van der Waals surface area contributed by atoms with E-state index in [9.17, 15) is 0 Å². The molecule has 1 saturated carbocycles. The van der Waals surface area contributed by atoms with Crippen LogP contribution >= 0.6 is 0 Å². The summed E-state index contributed by atoms with van der Waals surface area (Å²) in [6, 6.07) is 11.0. The van der Waals surface area contributed by atoms with Crippen LogP contribution in [0.25, 0.3) is 5.69 Å². The van der Waals surface area contributed by atoms with Gasteiger partial charge in [0, 0.05) is 17.8 Å². The van der Waals surface area contributed by atoms with E-state index in [2.05, 4.69) is 33.3 Å². The quantitative estimate of drug-likeness (QED) is 0.921. The summed E-state index contributed by atoms with van der Waals surface area (Å²) in [5.74, 6) is 0.685. The molecule has 1 aromatic carbocycles. The molecule has 1 unspecified atom stereocenters. The van der Waals surface area contributed by atoms with Crippen LogP contribution in [0.1, 0.15) is 24.4 Å².